The van der Waals surface area contributed by atoms with Gasteiger partial charge in [-0.1, -0.05) is 30.3 Å². The summed E-state index contributed by atoms with van der Waals surface area (Å²) in [6.45, 7) is 0.0892. The predicted octanol–water partition coefficient (Wildman–Crippen LogP) is 4.53. The van der Waals surface area contributed by atoms with E-state index in [1.807, 2.05) is 6.07 Å². The van der Waals surface area contributed by atoms with E-state index in [1.165, 1.54) is 15.3 Å². The second-order valence-electron chi connectivity index (χ2n) is 9.41. The zero-order valence-electron chi connectivity index (χ0n) is 19.1. The minimum absolute atomic E-state index is 0.0358. The van der Waals surface area contributed by atoms with Crippen molar-refractivity contribution >= 4 is 15.9 Å². The first kappa shape index (κ1) is 23.8. The molecule has 8 heteroatoms. The van der Waals surface area contributed by atoms with Crippen LogP contribution in [0.15, 0.2) is 42.5 Å². The molecule has 0 unspecified atom stereocenters. The van der Waals surface area contributed by atoms with E-state index in [4.69, 9.17) is 0 Å². The molecule has 2 fully saturated rings. The van der Waals surface area contributed by atoms with Gasteiger partial charge in [-0.15, -0.1) is 0 Å². The fourth-order valence-corrected chi connectivity index (χ4v) is 6.79. The number of carbonyl (C=O) groups is 1. The van der Waals surface area contributed by atoms with Gasteiger partial charge in [0.25, 0.3) is 0 Å². The van der Waals surface area contributed by atoms with E-state index in [9.17, 15) is 13.2 Å². The number of halogens is 2. The Balaban J connectivity index is 1.54. The van der Waals surface area contributed by atoms with Gasteiger partial charge in [0, 0.05) is 39.2 Å². The van der Waals surface area contributed by atoms with Gasteiger partial charge < -0.3 is 4.90 Å². The van der Waals surface area contributed by atoms with E-state index in [0.717, 1.165) is 6.07 Å². The molecule has 4 rings (SSSR count). The molecule has 2 aromatic rings. The second-order valence-corrected chi connectivity index (χ2v) is 11.5. The fourth-order valence-electron chi connectivity index (χ4n) is 4.76. The molecule has 5 nitrogen and oxygen atoms in total. The van der Waals surface area contributed by atoms with Crippen molar-refractivity contribution in [3.63, 3.8) is 0 Å². The zero-order chi connectivity index (χ0) is 23.8. The topological polar surface area (TPSA) is 57.7 Å². The summed E-state index contributed by atoms with van der Waals surface area (Å²) < 4.78 is 57.9. The molecular weight excluding hydrogens is 446 g/mol. The lowest BCUT2D eigenvalue weighted by Gasteiger charge is -2.33. The number of hydrogen-bond acceptors (Lipinski definition) is 3. The summed E-state index contributed by atoms with van der Waals surface area (Å²) in [5.74, 6) is -1.18. The molecule has 2 aliphatic rings. The number of amides is 1. The van der Waals surface area contributed by atoms with Gasteiger partial charge in [-0.3, -0.25) is 4.79 Å². The number of sulfonamides is 1. The Morgan fingerprint density at radius 1 is 1.12 bits per heavy atom. The third-order valence-electron chi connectivity index (χ3n) is 6.99. The number of benzene rings is 2. The number of nitrogens with zero attached hydrogens (tertiary/aromatic N) is 2. The van der Waals surface area contributed by atoms with Gasteiger partial charge in [-0.2, -0.15) is 4.31 Å². The lowest BCUT2D eigenvalue weighted by Crippen LogP contribution is -2.39. The largest absolute Gasteiger partial charge is 0.349 e. The van der Waals surface area contributed by atoms with E-state index in [1.54, 1.807) is 38.4 Å². The zero-order valence-corrected chi connectivity index (χ0v) is 19.9. The van der Waals surface area contributed by atoms with Gasteiger partial charge in [0.05, 0.1) is 0 Å². The van der Waals surface area contributed by atoms with Gasteiger partial charge >= 0.3 is 0 Å². The summed E-state index contributed by atoms with van der Waals surface area (Å²) in [5, 5.41) is -0.677. The van der Waals surface area contributed by atoms with Gasteiger partial charge in [0.1, 0.15) is 16.9 Å². The lowest BCUT2D eigenvalue weighted by atomic mass is 9.89. The van der Waals surface area contributed by atoms with Crippen LogP contribution in [0.4, 0.5) is 8.78 Å². The maximum absolute atomic E-state index is 15.1. The van der Waals surface area contributed by atoms with E-state index < -0.39 is 32.3 Å². The highest BCUT2D eigenvalue weighted by Gasteiger charge is 2.46. The van der Waals surface area contributed by atoms with Crippen molar-refractivity contribution in [1.82, 2.24) is 9.21 Å². The Morgan fingerprint density at radius 2 is 1.82 bits per heavy atom. The van der Waals surface area contributed by atoms with Crippen molar-refractivity contribution in [2.24, 2.45) is 0 Å². The third-order valence-corrected chi connectivity index (χ3v) is 9.25. The first-order chi connectivity index (χ1) is 15.6. The van der Waals surface area contributed by atoms with Crippen LogP contribution in [0.2, 0.25) is 0 Å². The van der Waals surface area contributed by atoms with E-state index in [2.05, 4.69) is 0 Å². The summed E-state index contributed by atoms with van der Waals surface area (Å²) in [7, 11) is -0.347. The molecule has 0 aromatic heterocycles. The Kier molecular flexibility index (Phi) is 6.60. The molecule has 1 saturated carbocycles. The Labute approximate surface area is 194 Å². The van der Waals surface area contributed by atoms with Crippen LogP contribution in [-0.4, -0.2) is 44.2 Å². The quantitative estimate of drug-likeness (QED) is 0.590. The highest BCUT2D eigenvalue weighted by atomic mass is 32.2. The lowest BCUT2D eigenvalue weighted by molar-refractivity contribution is -0.128. The van der Waals surface area contributed by atoms with Crippen molar-refractivity contribution < 1.29 is 22.0 Å². The first-order valence-electron chi connectivity index (χ1n) is 11.4. The molecule has 1 aliphatic heterocycles. The number of hydrogen-bond donors (Lipinski definition) is 0. The maximum Gasteiger partial charge on any atom is 0.222 e. The minimum Gasteiger partial charge on any atom is -0.349 e. The average Bonchev–Trinajstić information content (AvgIpc) is 3.57. The summed E-state index contributed by atoms with van der Waals surface area (Å²) in [5.41, 5.74) is 0.532. The molecule has 1 aliphatic carbocycles. The van der Waals surface area contributed by atoms with Crippen molar-refractivity contribution in [2.75, 3.05) is 20.6 Å². The molecule has 0 radical (unpaired) electrons. The van der Waals surface area contributed by atoms with Gasteiger partial charge in [0.15, 0.2) is 0 Å². The van der Waals surface area contributed by atoms with Crippen molar-refractivity contribution in [3.05, 3.63) is 70.8 Å². The predicted molar refractivity (Wildman–Crippen MR) is 123 cm³/mol. The highest BCUT2D eigenvalue weighted by molar-refractivity contribution is 7.89. The van der Waals surface area contributed by atoms with Crippen molar-refractivity contribution in [3.8, 4) is 0 Å². The number of carbonyl (C=O) groups excluding carboxylic acids is 1. The van der Waals surface area contributed by atoms with Crippen LogP contribution in [-0.2, 0) is 26.8 Å². The molecular formula is C25H30F2N2O3S. The highest BCUT2D eigenvalue weighted by Crippen LogP contribution is 2.53. The maximum atomic E-state index is 15.1. The van der Waals surface area contributed by atoms with Gasteiger partial charge in [-0.05, 0) is 60.8 Å². The molecule has 1 amide bonds. The average molecular weight is 477 g/mol. The normalized spacial score (nSPS) is 21.5. The second kappa shape index (κ2) is 9.14. The van der Waals surface area contributed by atoms with E-state index in [0.29, 0.717) is 43.2 Å². The smallest absolute Gasteiger partial charge is 0.222 e. The van der Waals surface area contributed by atoms with Crippen LogP contribution in [0.5, 0.6) is 0 Å². The fraction of sp³-hybridized carbons (Fsp3) is 0.480. The SMILES string of the molecule is CN(C)C(=O)CCC1(c2cc(F)c(CN3CCC[C@H](c4ccccc4)S3(=O)=O)cc2F)CC1. The molecule has 1 heterocycles. The molecule has 33 heavy (non-hydrogen) atoms. The first-order valence-corrected chi connectivity index (χ1v) is 12.9. The summed E-state index contributed by atoms with van der Waals surface area (Å²) in [4.78, 5) is 13.5. The summed E-state index contributed by atoms with van der Waals surface area (Å²) in [6, 6.07) is 11.4. The summed E-state index contributed by atoms with van der Waals surface area (Å²) in [6.07, 6.45) is 3.34. The van der Waals surface area contributed by atoms with Crippen LogP contribution >= 0.6 is 0 Å². The third kappa shape index (κ3) is 4.82. The van der Waals surface area contributed by atoms with Crippen LogP contribution < -0.4 is 0 Å². The number of rotatable bonds is 7. The van der Waals surface area contributed by atoms with Crippen molar-refractivity contribution in [1.29, 1.82) is 0 Å². The molecule has 2 aromatic carbocycles. The van der Waals surface area contributed by atoms with Crippen molar-refractivity contribution in [2.45, 2.75) is 55.7 Å². The molecule has 1 atom stereocenters. The van der Waals surface area contributed by atoms with Crippen LogP contribution in [0.25, 0.3) is 0 Å². The molecule has 0 spiro atoms. The van der Waals surface area contributed by atoms with Crippen LogP contribution in [0.1, 0.15) is 60.5 Å². The Morgan fingerprint density at radius 3 is 2.45 bits per heavy atom. The van der Waals surface area contributed by atoms with Gasteiger partial charge in [0.2, 0.25) is 15.9 Å². The van der Waals surface area contributed by atoms with Crippen LogP contribution in [0, 0.1) is 11.6 Å². The van der Waals surface area contributed by atoms with Crippen LogP contribution in [0.3, 0.4) is 0 Å². The molecule has 0 bridgehead atoms. The molecule has 178 valence electrons. The standard InChI is InChI=1S/C25H30F2N2O3S/c1-28(2)24(30)10-11-25(12-13-25)20-16-21(26)19(15-22(20)27)17-29-14-6-9-23(33(29,31)32)18-7-4-3-5-8-18/h3-5,7-8,15-16,23H,6,9-14,17H2,1-2H3/t23-/m1/s1. The summed E-state index contributed by atoms with van der Waals surface area (Å²) >= 11 is 0. The molecule has 1 saturated heterocycles. The van der Waals surface area contributed by atoms with E-state index >= 15 is 8.78 Å². The monoisotopic (exact) mass is 476 g/mol. The Hall–Kier alpha value is -2.32. The van der Waals surface area contributed by atoms with E-state index in [-0.39, 0.29) is 31.0 Å². The minimum atomic E-state index is -3.70. The van der Waals surface area contributed by atoms with Gasteiger partial charge in [-0.25, -0.2) is 17.2 Å². The Bertz CT molecular complexity index is 1130. The molecule has 0 N–H and O–H groups in total.